The molecule has 0 unspecified atom stereocenters. The quantitative estimate of drug-likeness (QED) is 0.697. The molecule has 0 bridgehead atoms. The lowest BCUT2D eigenvalue weighted by Gasteiger charge is -2.03. The number of phenolic OH excluding ortho intramolecular Hbond substituents is 1. The molecule has 0 aliphatic heterocycles. The SMILES string of the molecule is O=C(O)c1ccc(C(=O)O)c(N=Nc2cc(Cl)c(O)c(Cl)c2)c1. The molecule has 23 heavy (non-hydrogen) atoms. The average Bonchev–Trinajstić information content (AvgIpc) is 2.49. The fraction of sp³-hybridized carbons (Fsp3) is 0. The second-order valence-electron chi connectivity index (χ2n) is 4.30. The van der Waals surface area contributed by atoms with Crippen molar-refractivity contribution in [3.63, 3.8) is 0 Å². The van der Waals surface area contributed by atoms with Gasteiger partial charge >= 0.3 is 11.9 Å². The number of phenols is 1. The van der Waals surface area contributed by atoms with Crippen molar-refractivity contribution in [1.29, 1.82) is 0 Å². The monoisotopic (exact) mass is 354 g/mol. The van der Waals surface area contributed by atoms with E-state index in [9.17, 15) is 14.7 Å². The highest BCUT2D eigenvalue weighted by Crippen LogP contribution is 2.36. The molecule has 7 nitrogen and oxygen atoms in total. The number of aromatic hydroxyl groups is 1. The molecule has 2 rings (SSSR count). The lowest BCUT2D eigenvalue weighted by Crippen LogP contribution is -2.00. The highest BCUT2D eigenvalue weighted by Gasteiger charge is 2.13. The number of aromatic carboxylic acids is 2. The first-order valence-electron chi connectivity index (χ1n) is 6.00. The van der Waals surface area contributed by atoms with Crippen LogP contribution in [0, 0.1) is 0 Å². The van der Waals surface area contributed by atoms with E-state index in [0.717, 1.165) is 18.2 Å². The van der Waals surface area contributed by atoms with Crippen molar-refractivity contribution in [2.24, 2.45) is 10.2 Å². The van der Waals surface area contributed by atoms with Gasteiger partial charge in [-0.05, 0) is 30.3 Å². The van der Waals surface area contributed by atoms with E-state index in [1.165, 1.54) is 12.1 Å². The van der Waals surface area contributed by atoms with Gasteiger partial charge in [-0.15, -0.1) is 5.11 Å². The molecule has 2 aromatic rings. The molecule has 0 heterocycles. The van der Waals surface area contributed by atoms with Crippen LogP contribution < -0.4 is 0 Å². The number of rotatable bonds is 4. The summed E-state index contributed by atoms with van der Waals surface area (Å²) in [6.07, 6.45) is 0. The van der Waals surface area contributed by atoms with E-state index < -0.39 is 11.9 Å². The van der Waals surface area contributed by atoms with Crippen LogP contribution in [0.15, 0.2) is 40.6 Å². The van der Waals surface area contributed by atoms with E-state index in [0.29, 0.717) is 0 Å². The van der Waals surface area contributed by atoms with E-state index in [1.54, 1.807) is 0 Å². The van der Waals surface area contributed by atoms with Gasteiger partial charge in [0, 0.05) is 0 Å². The van der Waals surface area contributed by atoms with Gasteiger partial charge in [-0.3, -0.25) is 0 Å². The van der Waals surface area contributed by atoms with Crippen LogP contribution in [0.25, 0.3) is 0 Å². The number of hydrogen-bond donors (Lipinski definition) is 3. The molecule has 9 heteroatoms. The third-order valence-corrected chi connectivity index (χ3v) is 3.33. The molecular weight excluding hydrogens is 347 g/mol. The summed E-state index contributed by atoms with van der Waals surface area (Å²) in [7, 11) is 0. The van der Waals surface area contributed by atoms with Gasteiger partial charge in [0.25, 0.3) is 0 Å². The maximum atomic E-state index is 11.1. The number of carbonyl (C=O) groups is 2. The second-order valence-corrected chi connectivity index (χ2v) is 5.11. The molecule has 118 valence electrons. The number of carboxylic acid groups (broad SMARTS) is 2. The highest BCUT2D eigenvalue weighted by atomic mass is 35.5. The number of nitrogens with zero attached hydrogens (tertiary/aromatic N) is 2. The minimum atomic E-state index is -1.28. The number of hydrogen-bond acceptors (Lipinski definition) is 5. The van der Waals surface area contributed by atoms with Gasteiger partial charge in [-0.25, -0.2) is 9.59 Å². The molecule has 3 N–H and O–H groups in total. The average molecular weight is 355 g/mol. The highest BCUT2D eigenvalue weighted by molar-refractivity contribution is 6.37. The summed E-state index contributed by atoms with van der Waals surface area (Å²) in [5, 5.41) is 34.9. The van der Waals surface area contributed by atoms with Gasteiger partial charge in [0.15, 0.2) is 5.75 Å². The molecule has 0 aliphatic rings. The van der Waals surface area contributed by atoms with Crippen LogP contribution in [0.3, 0.4) is 0 Å². The summed E-state index contributed by atoms with van der Waals surface area (Å²) in [6, 6.07) is 5.90. The van der Waals surface area contributed by atoms with Gasteiger partial charge in [-0.1, -0.05) is 23.2 Å². The van der Waals surface area contributed by atoms with E-state index in [4.69, 9.17) is 33.4 Å². The van der Waals surface area contributed by atoms with Crippen molar-refractivity contribution < 1.29 is 24.9 Å². The van der Waals surface area contributed by atoms with Crippen molar-refractivity contribution in [3.05, 3.63) is 51.5 Å². The van der Waals surface area contributed by atoms with Crippen LogP contribution in [0.1, 0.15) is 20.7 Å². The van der Waals surface area contributed by atoms with Crippen LogP contribution in [-0.4, -0.2) is 27.3 Å². The molecule has 2 aromatic carbocycles. The molecular formula is C14H8Cl2N2O5. The van der Waals surface area contributed by atoms with Gasteiger partial charge < -0.3 is 15.3 Å². The first-order valence-corrected chi connectivity index (χ1v) is 6.75. The molecule has 0 saturated heterocycles. The summed E-state index contributed by atoms with van der Waals surface area (Å²) in [5.74, 6) is -2.82. The summed E-state index contributed by atoms with van der Waals surface area (Å²) in [5.41, 5.74) is -0.326. The van der Waals surface area contributed by atoms with E-state index in [-0.39, 0.29) is 38.3 Å². The largest absolute Gasteiger partial charge is 0.505 e. The van der Waals surface area contributed by atoms with Crippen molar-refractivity contribution in [2.45, 2.75) is 0 Å². The molecule has 0 fully saturated rings. The normalized spacial score (nSPS) is 10.9. The fourth-order valence-corrected chi connectivity index (χ4v) is 2.13. The Morgan fingerprint density at radius 3 is 2.04 bits per heavy atom. The Labute approximate surface area is 139 Å². The molecule has 0 aromatic heterocycles. The molecule has 0 radical (unpaired) electrons. The summed E-state index contributed by atoms with van der Waals surface area (Å²) in [6.45, 7) is 0. The third-order valence-electron chi connectivity index (χ3n) is 2.75. The number of benzene rings is 2. The summed E-state index contributed by atoms with van der Waals surface area (Å²) in [4.78, 5) is 22.1. The molecule has 0 atom stereocenters. The van der Waals surface area contributed by atoms with Crippen molar-refractivity contribution in [1.82, 2.24) is 0 Å². The zero-order chi connectivity index (χ0) is 17.1. The molecule has 0 spiro atoms. The van der Waals surface area contributed by atoms with Gasteiger partial charge in [-0.2, -0.15) is 5.11 Å². The number of halogens is 2. The van der Waals surface area contributed by atoms with Crippen molar-refractivity contribution in [2.75, 3.05) is 0 Å². The van der Waals surface area contributed by atoms with Crippen LogP contribution in [0.5, 0.6) is 5.75 Å². The third kappa shape index (κ3) is 3.77. The molecule has 0 aliphatic carbocycles. The number of carboxylic acids is 2. The predicted molar refractivity (Wildman–Crippen MR) is 82.7 cm³/mol. The first kappa shape index (κ1) is 16.7. The number of azo groups is 1. The van der Waals surface area contributed by atoms with Gasteiger partial charge in [0.1, 0.15) is 5.69 Å². The summed E-state index contributed by atoms with van der Waals surface area (Å²) < 4.78 is 0. The topological polar surface area (TPSA) is 120 Å². The van der Waals surface area contributed by atoms with E-state index in [1.807, 2.05) is 0 Å². The van der Waals surface area contributed by atoms with Crippen molar-refractivity contribution >= 4 is 46.5 Å². The Hall–Kier alpha value is -2.64. The zero-order valence-electron chi connectivity index (χ0n) is 11.2. The van der Waals surface area contributed by atoms with Gasteiger partial charge in [0.05, 0.1) is 26.9 Å². The Morgan fingerprint density at radius 2 is 1.52 bits per heavy atom. The zero-order valence-corrected chi connectivity index (χ0v) is 12.7. The van der Waals surface area contributed by atoms with Crippen LogP contribution >= 0.6 is 23.2 Å². The lowest BCUT2D eigenvalue weighted by molar-refractivity contribution is 0.0682. The smallest absolute Gasteiger partial charge is 0.337 e. The summed E-state index contributed by atoms with van der Waals surface area (Å²) >= 11 is 11.5. The second kappa shape index (κ2) is 6.64. The van der Waals surface area contributed by atoms with Crippen LogP contribution in [0.4, 0.5) is 11.4 Å². The fourth-order valence-electron chi connectivity index (χ4n) is 1.65. The Bertz CT molecular complexity index is 813. The van der Waals surface area contributed by atoms with Crippen LogP contribution in [-0.2, 0) is 0 Å². The Kier molecular flexibility index (Phi) is 4.83. The minimum absolute atomic E-state index is 0.0517. The Balaban J connectivity index is 2.47. The standard InChI is InChI=1S/C14H8Cl2N2O5/c15-9-4-7(5-10(16)12(9)19)17-18-11-3-6(13(20)21)1-2-8(11)14(22)23/h1-5,19H,(H,20,21)(H,22,23). The maximum absolute atomic E-state index is 11.1. The van der Waals surface area contributed by atoms with Crippen LogP contribution in [0.2, 0.25) is 10.0 Å². The predicted octanol–water partition coefficient (Wildman–Crippen LogP) is 4.51. The molecule has 0 saturated carbocycles. The minimum Gasteiger partial charge on any atom is -0.505 e. The lowest BCUT2D eigenvalue weighted by atomic mass is 10.1. The van der Waals surface area contributed by atoms with Crippen molar-refractivity contribution in [3.8, 4) is 5.75 Å². The first-order chi connectivity index (χ1) is 10.8. The molecule has 0 amide bonds. The van der Waals surface area contributed by atoms with E-state index in [2.05, 4.69) is 10.2 Å². The maximum Gasteiger partial charge on any atom is 0.337 e. The van der Waals surface area contributed by atoms with Gasteiger partial charge in [0.2, 0.25) is 0 Å². The Morgan fingerprint density at radius 1 is 0.913 bits per heavy atom. The van der Waals surface area contributed by atoms with E-state index >= 15 is 0 Å².